The fraction of sp³-hybridized carbons (Fsp3) is 0.412. The van der Waals surface area contributed by atoms with Crippen LogP contribution < -0.4 is 15.4 Å². The maximum Gasteiger partial charge on any atom is 0.270 e. The minimum Gasteiger partial charge on any atom is -0.494 e. The largest absolute Gasteiger partial charge is 0.494 e. The van der Waals surface area contributed by atoms with E-state index in [9.17, 15) is 4.79 Å². The minimum atomic E-state index is -0.156. The van der Waals surface area contributed by atoms with Crippen molar-refractivity contribution in [3.63, 3.8) is 0 Å². The van der Waals surface area contributed by atoms with Crippen LogP contribution in [0.1, 0.15) is 17.4 Å². The molecule has 0 aliphatic heterocycles. The number of carbonyl (C=O) groups is 1. The highest BCUT2D eigenvalue weighted by atomic mass is 35.5. The van der Waals surface area contributed by atoms with Crippen LogP contribution in [0.4, 0.5) is 0 Å². The number of hydrogen-bond acceptors (Lipinski definition) is 6. The molecule has 1 amide bonds. The van der Waals surface area contributed by atoms with Gasteiger partial charge in [-0.05, 0) is 31.2 Å². The molecule has 0 saturated heterocycles. The Morgan fingerprint density at radius 3 is 2.54 bits per heavy atom. The van der Waals surface area contributed by atoms with Gasteiger partial charge in [-0.1, -0.05) is 0 Å². The van der Waals surface area contributed by atoms with E-state index in [1.807, 2.05) is 31.2 Å². The number of halogens is 2. The summed E-state index contributed by atoms with van der Waals surface area (Å²) in [5, 5.41) is 8.62. The molecule has 0 aliphatic rings. The highest BCUT2D eigenvalue weighted by molar-refractivity contribution is 7.13. The van der Waals surface area contributed by atoms with Gasteiger partial charge < -0.3 is 20.1 Å². The standard InChI is InChI=1S/C17H23N3O3S.2ClH/c1-3-23-14-6-4-13(5-7-14)17-20-15(12-24-17)16(21)19-9-8-18-10-11-22-2;;/h4-7,12,18H,3,8-11H2,1-2H3,(H,19,21);2*1H. The average Bonchev–Trinajstić information content (AvgIpc) is 3.09. The van der Waals surface area contributed by atoms with Crippen molar-refractivity contribution in [2.75, 3.05) is 40.0 Å². The molecule has 1 aromatic carbocycles. The van der Waals surface area contributed by atoms with Crippen LogP contribution in [0.15, 0.2) is 29.6 Å². The first-order valence-electron chi connectivity index (χ1n) is 7.91. The lowest BCUT2D eigenvalue weighted by atomic mass is 10.2. The summed E-state index contributed by atoms with van der Waals surface area (Å²) in [5.41, 5.74) is 1.42. The van der Waals surface area contributed by atoms with Crippen molar-refractivity contribution in [1.82, 2.24) is 15.6 Å². The molecule has 2 rings (SSSR count). The fourth-order valence-corrected chi connectivity index (χ4v) is 2.83. The van der Waals surface area contributed by atoms with Gasteiger partial charge in [-0.25, -0.2) is 4.98 Å². The second-order valence-electron chi connectivity index (χ2n) is 4.99. The fourth-order valence-electron chi connectivity index (χ4n) is 2.03. The molecule has 0 saturated carbocycles. The Kier molecular flexibility index (Phi) is 13.0. The Morgan fingerprint density at radius 1 is 1.15 bits per heavy atom. The summed E-state index contributed by atoms with van der Waals surface area (Å²) in [7, 11) is 1.66. The lowest BCUT2D eigenvalue weighted by Crippen LogP contribution is -2.33. The Bertz CT molecular complexity index is 638. The molecule has 26 heavy (non-hydrogen) atoms. The first-order chi connectivity index (χ1) is 11.7. The van der Waals surface area contributed by atoms with Gasteiger partial charge in [-0.2, -0.15) is 0 Å². The molecule has 0 fully saturated rings. The topological polar surface area (TPSA) is 72.5 Å². The first-order valence-corrected chi connectivity index (χ1v) is 8.79. The van der Waals surface area contributed by atoms with E-state index in [1.54, 1.807) is 12.5 Å². The Balaban J connectivity index is 0.00000312. The van der Waals surface area contributed by atoms with E-state index >= 15 is 0 Å². The normalized spacial score (nSPS) is 9.77. The molecular weight excluding hydrogens is 397 g/mol. The predicted molar refractivity (Wildman–Crippen MR) is 110 cm³/mol. The maximum atomic E-state index is 12.1. The molecule has 2 N–H and O–H groups in total. The van der Waals surface area contributed by atoms with E-state index in [0.717, 1.165) is 22.9 Å². The van der Waals surface area contributed by atoms with Crippen LogP contribution in [0.2, 0.25) is 0 Å². The van der Waals surface area contributed by atoms with Gasteiger partial charge in [0.2, 0.25) is 0 Å². The van der Waals surface area contributed by atoms with Gasteiger partial charge in [0.25, 0.3) is 5.91 Å². The van der Waals surface area contributed by atoms with Gasteiger partial charge >= 0.3 is 0 Å². The number of ether oxygens (including phenoxy) is 2. The molecule has 1 aromatic heterocycles. The minimum absolute atomic E-state index is 0. The molecule has 9 heteroatoms. The van der Waals surface area contributed by atoms with Gasteiger partial charge in [-0.3, -0.25) is 4.79 Å². The summed E-state index contributed by atoms with van der Waals surface area (Å²) in [6.45, 7) is 5.27. The van der Waals surface area contributed by atoms with Gasteiger partial charge in [0, 0.05) is 37.7 Å². The summed E-state index contributed by atoms with van der Waals surface area (Å²) in [6.07, 6.45) is 0. The van der Waals surface area contributed by atoms with Gasteiger partial charge in [0.15, 0.2) is 0 Å². The van der Waals surface area contributed by atoms with Crippen LogP contribution >= 0.6 is 36.2 Å². The van der Waals surface area contributed by atoms with Crippen LogP contribution in [-0.2, 0) is 4.74 Å². The molecule has 1 heterocycles. The number of nitrogens with zero attached hydrogens (tertiary/aromatic N) is 1. The molecule has 6 nitrogen and oxygen atoms in total. The number of aromatic nitrogens is 1. The van der Waals surface area contributed by atoms with Crippen molar-refractivity contribution in [3.8, 4) is 16.3 Å². The average molecular weight is 422 g/mol. The van der Waals surface area contributed by atoms with Crippen LogP contribution in [0.3, 0.4) is 0 Å². The summed E-state index contributed by atoms with van der Waals surface area (Å²) < 4.78 is 10.4. The highest BCUT2D eigenvalue weighted by Gasteiger charge is 2.11. The highest BCUT2D eigenvalue weighted by Crippen LogP contribution is 2.25. The third-order valence-corrected chi connectivity index (χ3v) is 4.11. The zero-order valence-corrected chi connectivity index (χ0v) is 17.3. The Morgan fingerprint density at radius 2 is 1.88 bits per heavy atom. The lowest BCUT2D eigenvalue weighted by Gasteiger charge is -2.05. The van der Waals surface area contributed by atoms with Crippen molar-refractivity contribution in [3.05, 3.63) is 35.3 Å². The third-order valence-electron chi connectivity index (χ3n) is 3.22. The monoisotopic (exact) mass is 421 g/mol. The second kappa shape index (κ2) is 13.8. The number of amides is 1. The molecule has 0 spiro atoms. The van der Waals surface area contributed by atoms with Gasteiger partial charge in [-0.15, -0.1) is 36.2 Å². The molecular formula is C17H25Cl2N3O3S. The number of hydrogen-bond donors (Lipinski definition) is 2. The van der Waals surface area contributed by atoms with Crippen molar-refractivity contribution in [2.24, 2.45) is 0 Å². The first kappa shape index (κ1) is 24.6. The molecule has 0 unspecified atom stereocenters. The van der Waals surface area contributed by atoms with Crippen LogP contribution in [-0.4, -0.2) is 50.8 Å². The smallest absolute Gasteiger partial charge is 0.270 e. The van der Waals surface area contributed by atoms with E-state index in [2.05, 4.69) is 15.6 Å². The second-order valence-corrected chi connectivity index (χ2v) is 5.85. The van der Waals surface area contributed by atoms with E-state index in [4.69, 9.17) is 9.47 Å². The number of methoxy groups -OCH3 is 1. The Hall–Kier alpha value is -1.38. The quantitative estimate of drug-likeness (QED) is 0.576. The number of carbonyl (C=O) groups excluding carboxylic acids is 1. The summed E-state index contributed by atoms with van der Waals surface area (Å²) in [5.74, 6) is 0.675. The molecule has 146 valence electrons. The maximum absolute atomic E-state index is 12.1. The molecule has 0 atom stereocenters. The van der Waals surface area contributed by atoms with Gasteiger partial charge in [0.05, 0.1) is 13.2 Å². The van der Waals surface area contributed by atoms with E-state index in [1.165, 1.54) is 11.3 Å². The zero-order valence-electron chi connectivity index (χ0n) is 14.8. The Labute approximate surface area is 170 Å². The molecule has 2 aromatic rings. The van der Waals surface area contributed by atoms with Gasteiger partial charge in [0.1, 0.15) is 16.5 Å². The van der Waals surface area contributed by atoms with Crippen molar-refractivity contribution in [1.29, 1.82) is 0 Å². The van der Waals surface area contributed by atoms with Crippen molar-refractivity contribution >= 4 is 42.1 Å². The van der Waals surface area contributed by atoms with E-state index < -0.39 is 0 Å². The lowest BCUT2D eigenvalue weighted by molar-refractivity contribution is 0.0949. The van der Waals surface area contributed by atoms with Crippen molar-refractivity contribution < 1.29 is 14.3 Å². The predicted octanol–water partition coefficient (Wildman–Crippen LogP) is 3.02. The summed E-state index contributed by atoms with van der Waals surface area (Å²) in [6, 6.07) is 7.72. The summed E-state index contributed by atoms with van der Waals surface area (Å²) in [4.78, 5) is 16.5. The number of thiazole rings is 1. The third kappa shape index (κ3) is 7.88. The summed E-state index contributed by atoms with van der Waals surface area (Å²) >= 11 is 1.46. The molecule has 0 bridgehead atoms. The van der Waals surface area contributed by atoms with Crippen LogP contribution in [0, 0.1) is 0 Å². The number of rotatable bonds is 10. The van der Waals surface area contributed by atoms with Crippen LogP contribution in [0.25, 0.3) is 10.6 Å². The zero-order chi connectivity index (χ0) is 17.2. The van der Waals surface area contributed by atoms with E-state index in [0.29, 0.717) is 32.0 Å². The number of benzene rings is 1. The van der Waals surface area contributed by atoms with E-state index in [-0.39, 0.29) is 30.7 Å². The molecule has 0 radical (unpaired) electrons. The van der Waals surface area contributed by atoms with Crippen LogP contribution in [0.5, 0.6) is 5.75 Å². The number of nitrogens with one attached hydrogen (secondary N) is 2. The van der Waals surface area contributed by atoms with Crippen molar-refractivity contribution in [2.45, 2.75) is 6.92 Å². The SMILES string of the molecule is CCOc1ccc(-c2nc(C(=O)NCCNCCOC)cs2)cc1.Cl.Cl. The molecule has 0 aliphatic carbocycles.